The molecule has 6 nitrogen and oxygen atoms in total. The van der Waals surface area contributed by atoms with Crippen LogP contribution in [0.25, 0.3) is 0 Å². The lowest BCUT2D eigenvalue weighted by atomic mass is 9.71. The summed E-state index contributed by atoms with van der Waals surface area (Å²) in [5, 5.41) is 5.77. The average molecular weight is 333 g/mol. The number of ether oxygens (including phenoxy) is 2. The van der Waals surface area contributed by atoms with Gasteiger partial charge in [0, 0.05) is 6.54 Å². The minimum atomic E-state index is -0.511. The van der Waals surface area contributed by atoms with Crippen LogP contribution in [0.1, 0.15) is 46.5 Å². The molecule has 3 aliphatic rings. The summed E-state index contributed by atoms with van der Waals surface area (Å²) in [5.74, 6) is -0.195. The molecule has 3 rings (SSSR count). The lowest BCUT2D eigenvalue weighted by molar-refractivity contribution is -0.163. The van der Waals surface area contributed by atoms with Gasteiger partial charge in [0.25, 0.3) is 0 Å². The van der Waals surface area contributed by atoms with Gasteiger partial charge in [-0.15, -0.1) is 11.6 Å². The van der Waals surface area contributed by atoms with Crippen LogP contribution in [0.5, 0.6) is 0 Å². The Hall–Kier alpha value is -1.01. The van der Waals surface area contributed by atoms with Crippen molar-refractivity contribution in [3.05, 3.63) is 0 Å². The second-order valence-electron chi connectivity index (χ2n) is 7.29. The number of nitrogens with one attached hydrogen (secondary N) is 2. The molecule has 0 unspecified atom stereocenters. The maximum absolute atomic E-state index is 11.8. The van der Waals surface area contributed by atoms with Crippen LogP contribution < -0.4 is 10.6 Å². The number of hydrogen-bond acceptors (Lipinski definition) is 4. The van der Waals surface area contributed by atoms with Gasteiger partial charge in [-0.2, -0.15) is 0 Å². The third-order valence-electron chi connectivity index (χ3n) is 4.25. The second kappa shape index (κ2) is 6.24. The summed E-state index contributed by atoms with van der Waals surface area (Å²) in [6, 6.07) is 0. The monoisotopic (exact) mass is 332 g/mol. The molecule has 0 aromatic carbocycles. The van der Waals surface area contributed by atoms with Gasteiger partial charge in [0.15, 0.2) is 0 Å². The number of carbonyl (C=O) groups is 2. The van der Waals surface area contributed by atoms with Crippen molar-refractivity contribution in [2.75, 3.05) is 19.0 Å². The molecule has 0 radical (unpaired) electrons. The van der Waals surface area contributed by atoms with Crippen LogP contribution in [-0.2, 0) is 14.3 Å². The lowest BCUT2D eigenvalue weighted by Crippen LogP contribution is -2.65. The van der Waals surface area contributed by atoms with E-state index in [1.807, 2.05) is 20.8 Å². The first-order valence-corrected chi connectivity index (χ1v) is 8.19. The molecular weight excluding hydrogens is 308 g/mol. The summed E-state index contributed by atoms with van der Waals surface area (Å²) in [4.78, 5) is 23.3. The van der Waals surface area contributed by atoms with Crippen LogP contribution in [0.3, 0.4) is 0 Å². The van der Waals surface area contributed by atoms with E-state index in [0.29, 0.717) is 13.2 Å². The molecule has 1 aliphatic carbocycles. The summed E-state index contributed by atoms with van der Waals surface area (Å²) in [6.07, 6.45) is 2.84. The van der Waals surface area contributed by atoms with E-state index in [9.17, 15) is 9.59 Å². The van der Waals surface area contributed by atoms with Gasteiger partial charge < -0.3 is 20.1 Å². The first kappa shape index (κ1) is 17.3. The largest absolute Gasteiger partial charge is 0.444 e. The first-order chi connectivity index (χ1) is 10.2. The van der Waals surface area contributed by atoms with Crippen LogP contribution in [0, 0.1) is 0 Å². The maximum Gasteiger partial charge on any atom is 0.407 e. The van der Waals surface area contributed by atoms with Crippen molar-refractivity contribution in [2.45, 2.75) is 63.2 Å². The smallest absolute Gasteiger partial charge is 0.407 e. The van der Waals surface area contributed by atoms with E-state index in [0.717, 1.165) is 25.7 Å². The zero-order valence-electron chi connectivity index (χ0n) is 13.5. The van der Waals surface area contributed by atoms with E-state index in [2.05, 4.69) is 10.6 Å². The van der Waals surface area contributed by atoms with Gasteiger partial charge in [-0.1, -0.05) is 0 Å². The highest BCUT2D eigenvalue weighted by Crippen LogP contribution is 2.43. The normalized spacial score (nSPS) is 30.7. The Labute approximate surface area is 136 Å². The Morgan fingerprint density at radius 1 is 1.23 bits per heavy atom. The summed E-state index contributed by atoms with van der Waals surface area (Å²) in [5.41, 5.74) is -1.15. The molecule has 2 saturated heterocycles. The number of alkyl carbamates (subject to hydrolysis) is 1. The number of alkyl halides is 1. The van der Waals surface area contributed by atoms with E-state index in [1.165, 1.54) is 0 Å². The minimum Gasteiger partial charge on any atom is -0.444 e. The van der Waals surface area contributed by atoms with Crippen LogP contribution in [0.2, 0.25) is 0 Å². The molecule has 1 saturated carbocycles. The van der Waals surface area contributed by atoms with Crippen molar-refractivity contribution in [3.63, 3.8) is 0 Å². The van der Waals surface area contributed by atoms with Crippen molar-refractivity contribution < 1.29 is 19.1 Å². The molecule has 7 heteroatoms. The third-order valence-corrected chi connectivity index (χ3v) is 4.50. The summed E-state index contributed by atoms with van der Waals surface area (Å²) < 4.78 is 11.2. The predicted molar refractivity (Wildman–Crippen MR) is 83.0 cm³/mol. The summed E-state index contributed by atoms with van der Waals surface area (Å²) in [7, 11) is 0. The van der Waals surface area contributed by atoms with E-state index >= 15 is 0 Å². The third kappa shape index (κ3) is 4.26. The molecule has 2 heterocycles. The topological polar surface area (TPSA) is 76.7 Å². The van der Waals surface area contributed by atoms with Gasteiger partial charge in [-0.25, -0.2) is 4.79 Å². The van der Waals surface area contributed by atoms with E-state index in [1.54, 1.807) is 0 Å². The zero-order valence-corrected chi connectivity index (χ0v) is 14.2. The van der Waals surface area contributed by atoms with Crippen molar-refractivity contribution in [1.82, 2.24) is 10.6 Å². The highest BCUT2D eigenvalue weighted by molar-refractivity contribution is 6.27. The quantitative estimate of drug-likeness (QED) is 0.771. The van der Waals surface area contributed by atoms with Crippen molar-refractivity contribution in [1.29, 1.82) is 0 Å². The molecule has 126 valence electrons. The molecule has 22 heavy (non-hydrogen) atoms. The second-order valence-corrected chi connectivity index (χ2v) is 7.56. The first-order valence-electron chi connectivity index (χ1n) is 7.65. The number of hydrogen-bond donors (Lipinski definition) is 2. The van der Waals surface area contributed by atoms with Gasteiger partial charge in [0.1, 0.15) is 11.5 Å². The number of carbonyl (C=O) groups excluding carboxylic acids is 2. The van der Waals surface area contributed by atoms with Gasteiger partial charge in [-0.05, 0) is 46.5 Å². The Balaban J connectivity index is 1.84. The molecule has 2 bridgehead atoms. The molecule has 0 spiro atoms. The zero-order chi connectivity index (χ0) is 16.4. The summed E-state index contributed by atoms with van der Waals surface area (Å²) >= 11 is 5.55. The molecule has 0 aromatic heterocycles. The van der Waals surface area contributed by atoms with E-state index in [4.69, 9.17) is 21.1 Å². The number of halogens is 1. The fourth-order valence-electron chi connectivity index (χ4n) is 3.03. The molecule has 2 N–H and O–H groups in total. The molecule has 0 atom stereocenters. The lowest BCUT2D eigenvalue weighted by Gasteiger charge is -2.53. The Morgan fingerprint density at radius 3 is 2.32 bits per heavy atom. The van der Waals surface area contributed by atoms with Crippen LogP contribution >= 0.6 is 11.6 Å². The fraction of sp³-hybridized carbons (Fsp3) is 0.867. The summed E-state index contributed by atoms with van der Waals surface area (Å²) in [6.45, 7) is 6.39. The highest BCUT2D eigenvalue weighted by Gasteiger charge is 2.50. The van der Waals surface area contributed by atoms with Gasteiger partial charge in [0.2, 0.25) is 5.91 Å². The fourth-order valence-corrected chi connectivity index (χ4v) is 3.10. The van der Waals surface area contributed by atoms with Crippen LogP contribution in [0.15, 0.2) is 0 Å². The highest BCUT2D eigenvalue weighted by atomic mass is 35.5. The van der Waals surface area contributed by atoms with Crippen molar-refractivity contribution >= 4 is 23.6 Å². The minimum absolute atomic E-state index is 0.0346. The Kier molecular flexibility index (Phi) is 4.92. The number of fused-ring (bicyclic) bond motifs is 3. The molecule has 0 aromatic rings. The standard InChI is InChI=1S/C15H25ClN2O4/c1-13(2,3)22-12(20)17-9-15-6-4-14(5-7-15,10-21-15)18-11(19)8-16/h4-10H2,1-3H3,(H,17,20)(H,18,19). The number of amides is 2. The molecule has 3 fully saturated rings. The van der Waals surface area contributed by atoms with E-state index in [-0.39, 0.29) is 22.9 Å². The van der Waals surface area contributed by atoms with Crippen LogP contribution in [0.4, 0.5) is 4.79 Å². The van der Waals surface area contributed by atoms with Crippen molar-refractivity contribution in [2.24, 2.45) is 0 Å². The van der Waals surface area contributed by atoms with Crippen molar-refractivity contribution in [3.8, 4) is 0 Å². The Morgan fingerprint density at radius 2 is 1.86 bits per heavy atom. The maximum atomic E-state index is 11.8. The van der Waals surface area contributed by atoms with Gasteiger partial charge in [-0.3, -0.25) is 4.79 Å². The molecule has 2 amide bonds. The average Bonchev–Trinajstić information content (AvgIpc) is 2.45. The van der Waals surface area contributed by atoms with Gasteiger partial charge >= 0.3 is 6.09 Å². The molecule has 2 aliphatic heterocycles. The SMILES string of the molecule is CC(C)(C)OC(=O)NCC12CCC(NC(=O)CCl)(CC1)CO2. The predicted octanol–water partition coefficient (Wildman–Crippen LogP) is 1.95. The Bertz CT molecular complexity index is 423. The number of rotatable bonds is 4. The van der Waals surface area contributed by atoms with Gasteiger partial charge in [0.05, 0.1) is 17.7 Å². The van der Waals surface area contributed by atoms with Crippen LogP contribution in [-0.4, -0.2) is 47.8 Å². The van der Waals surface area contributed by atoms with E-state index < -0.39 is 11.7 Å². The molecular formula is C15H25ClN2O4.